The first kappa shape index (κ1) is 16.3. The molecule has 0 amide bonds. The van der Waals surface area contributed by atoms with Gasteiger partial charge in [0.25, 0.3) is 6.43 Å². The normalized spacial score (nSPS) is 11.5. The molecule has 0 unspecified atom stereocenters. The molecule has 1 aromatic carbocycles. The molecule has 0 saturated heterocycles. The van der Waals surface area contributed by atoms with Gasteiger partial charge >= 0.3 is 0 Å². The lowest BCUT2D eigenvalue weighted by molar-refractivity contribution is 0.0741. The maximum atomic E-state index is 12.5. The highest BCUT2D eigenvalue weighted by molar-refractivity contribution is 7.13. The monoisotopic (exact) mass is 332 g/mol. The predicted octanol–water partition coefficient (Wildman–Crippen LogP) is 3.52. The summed E-state index contributed by atoms with van der Waals surface area (Å²) in [5, 5.41) is 12.1. The molecular weight excluding hydrogens is 318 g/mol. The van der Waals surface area contributed by atoms with Crippen LogP contribution in [0.1, 0.15) is 5.69 Å². The summed E-state index contributed by atoms with van der Waals surface area (Å²) in [6.45, 7) is -0.0527. The zero-order valence-corrected chi connectivity index (χ0v) is 12.7. The summed E-state index contributed by atoms with van der Waals surface area (Å²) in [7, 11) is 0. The van der Waals surface area contributed by atoms with Crippen LogP contribution < -0.4 is 0 Å². The molecular formula is C14H15ClF2N2OS. The second-order valence-corrected chi connectivity index (χ2v) is 5.74. The van der Waals surface area contributed by atoms with Crippen LogP contribution in [-0.4, -0.2) is 41.1 Å². The van der Waals surface area contributed by atoms with Crippen molar-refractivity contribution in [3.63, 3.8) is 0 Å². The molecule has 1 aromatic heterocycles. The number of aromatic nitrogens is 1. The fourth-order valence-electron chi connectivity index (χ4n) is 1.94. The van der Waals surface area contributed by atoms with Gasteiger partial charge in [0.1, 0.15) is 5.01 Å². The van der Waals surface area contributed by atoms with E-state index in [0.717, 1.165) is 10.6 Å². The van der Waals surface area contributed by atoms with E-state index >= 15 is 0 Å². The molecule has 0 aliphatic heterocycles. The number of benzene rings is 1. The minimum Gasteiger partial charge on any atom is -0.395 e. The minimum absolute atomic E-state index is 0.159. The van der Waals surface area contributed by atoms with E-state index < -0.39 is 6.43 Å². The quantitative estimate of drug-likeness (QED) is 0.842. The first-order valence-corrected chi connectivity index (χ1v) is 7.66. The van der Waals surface area contributed by atoms with E-state index in [1.54, 1.807) is 6.07 Å². The SMILES string of the molecule is OCCN(Cc1csc(-c2ccccc2Cl)n1)CC(F)F. The van der Waals surface area contributed by atoms with E-state index in [1.807, 2.05) is 23.6 Å². The number of alkyl halides is 2. The maximum Gasteiger partial charge on any atom is 0.251 e. The van der Waals surface area contributed by atoms with E-state index in [9.17, 15) is 8.78 Å². The zero-order valence-electron chi connectivity index (χ0n) is 11.2. The summed E-state index contributed by atoms with van der Waals surface area (Å²) in [6.07, 6.45) is -2.43. The second-order valence-electron chi connectivity index (χ2n) is 4.47. The molecule has 2 rings (SSSR count). The Morgan fingerprint density at radius 1 is 1.33 bits per heavy atom. The Kier molecular flexibility index (Phi) is 6.05. The van der Waals surface area contributed by atoms with Crippen molar-refractivity contribution in [1.82, 2.24) is 9.88 Å². The lowest BCUT2D eigenvalue weighted by Gasteiger charge is -2.19. The molecule has 2 aromatic rings. The molecule has 114 valence electrons. The van der Waals surface area contributed by atoms with Crippen LogP contribution in [0.3, 0.4) is 0 Å². The van der Waals surface area contributed by atoms with Crippen molar-refractivity contribution in [2.24, 2.45) is 0 Å². The molecule has 0 aliphatic carbocycles. The molecule has 1 heterocycles. The molecule has 0 radical (unpaired) electrons. The summed E-state index contributed by atoms with van der Waals surface area (Å²) < 4.78 is 25.0. The summed E-state index contributed by atoms with van der Waals surface area (Å²) in [5.74, 6) is 0. The van der Waals surface area contributed by atoms with Crippen molar-refractivity contribution < 1.29 is 13.9 Å². The average Bonchev–Trinajstić information content (AvgIpc) is 2.87. The standard InChI is InChI=1S/C14H15ClF2N2OS/c15-12-4-2-1-3-11(12)14-18-10(9-21-14)7-19(5-6-20)8-13(16)17/h1-4,9,13,20H,5-8H2. The molecule has 0 saturated carbocycles. The average molecular weight is 333 g/mol. The molecule has 0 fully saturated rings. The van der Waals surface area contributed by atoms with E-state index in [0.29, 0.717) is 10.7 Å². The first-order chi connectivity index (χ1) is 10.1. The van der Waals surface area contributed by atoms with Crippen molar-refractivity contribution in [3.8, 4) is 10.6 Å². The number of halogens is 3. The highest BCUT2D eigenvalue weighted by Gasteiger charge is 2.14. The largest absolute Gasteiger partial charge is 0.395 e. The molecule has 0 spiro atoms. The third kappa shape index (κ3) is 4.71. The van der Waals surface area contributed by atoms with Gasteiger partial charge in [0.05, 0.1) is 23.9 Å². The van der Waals surface area contributed by atoms with Crippen LogP contribution in [-0.2, 0) is 6.54 Å². The number of hydrogen-bond acceptors (Lipinski definition) is 4. The van der Waals surface area contributed by atoms with Crippen molar-refractivity contribution in [1.29, 1.82) is 0 Å². The molecule has 0 aliphatic rings. The van der Waals surface area contributed by atoms with Gasteiger partial charge in [-0.15, -0.1) is 11.3 Å². The number of hydrogen-bond donors (Lipinski definition) is 1. The zero-order chi connectivity index (χ0) is 15.2. The Morgan fingerprint density at radius 2 is 2.10 bits per heavy atom. The van der Waals surface area contributed by atoms with Gasteiger partial charge in [-0.3, -0.25) is 4.90 Å². The van der Waals surface area contributed by atoms with Crippen molar-refractivity contribution >= 4 is 22.9 Å². The molecule has 1 N–H and O–H groups in total. The van der Waals surface area contributed by atoms with Crippen molar-refractivity contribution in [2.45, 2.75) is 13.0 Å². The number of rotatable bonds is 7. The first-order valence-electron chi connectivity index (χ1n) is 6.41. The third-order valence-corrected chi connectivity index (χ3v) is 4.11. The van der Waals surface area contributed by atoms with Crippen molar-refractivity contribution in [3.05, 3.63) is 40.4 Å². The summed E-state index contributed by atoms with van der Waals surface area (Å²) in [4.78, 5) is 5.92. The highest BCUT2D eigenvalue weighted by atomic mass is 35.5. The number of nitrogens with zero attached hydrogens (tertiary/aromatic N) is 2. The predicted molar refractivity (Wildman–Crippen MR) is 80.9 cm³/mol. The van der Waals surface area contributed by atoms with E-state index in [1.165, 1.54) is 16.2 Å². The van der Waals surface area contributed by atoms with Crippen LogP contribution in [0.15, 0.2) is 29.6 Å². The fraction of sp³-hybridized carbons (Fsp3) is 0.357. The second kappa shape index (κ2) is 7.79. The van der Waals surface area contributed by atoms with Crippen LogP contribution in [0.5, 0.6) is 0 Å². The number of aliphatic hydroxyl groups is 1. The van der Waals surface area contributed by atoms with Gasteiger partial charge in [-0.2, -0.15) is 0 Å². The molecule has 7 heteroatoms. The Labute approximate surface area is 130 Å². The Hall–Kier alpha value is -1.08. The summed E-state index contributed by atoms with van der Waals surface area (Å²) >= 11 is 7.54. The molecule has 0 atom stereocenters. The van der Waals surface area contributed by atoms with Crippen molar-refractivity contribution in [2.75, 3.05) is 19.7 Å². The minimum atomic E-state index is -2.43. The van der Waals surface area contributed by atoms with Gasteiger partial charge in [0.2, 0.25) is 0 Å². The van der Waals surface area contributed by atoms with Crippen LogP contribution in [0, 0.1) is 0 Å². The van der Waals surface area contributed by atoms with Gasteiger partial charge in [0, 0.05) is 24.0 Å². The van der Waals surface area contributed by atoms with Gasteiger partial charge in [-0.05, 0) is 6.07 Å². The van der Waals surface area contributed by atoms with Gasteiger partial charge in [0.15, 0.2) is 0 Å². The van der Waals surface area contributed by atoms with Gasteiger partial charge in [-0.1, -0.05) is 29.8 Å². The smallest absolute Gasteiger partial charge is 0.251 e. The fourth-order valence-corrected chi connectivity index (χ4v) is 3.07. The Balaban J connectivity index is 2.10. The van der Waals surface area contributed by atoms with Crippen LogP contribution in [0.25, 0.3) is 10.6 Å². The van der Waals surface area contributed by atoms with Gasteiger partial charge < -0.3 is 5.11 Å². The molecule has 0 bridgehead atoms. The Bertz CT molecular complexity index is 580. The van der Waals surface area contributed by atoms with Crippen LogP contribution >= 0.6 is 22.9 Å². The van der Waals surface area contributed by atoms with Crippen LogP contribution in [0.2, 0.25) is 5.02 Å². The molecule has 3 nitrogen and oxygen atoms in total. The lowest BCUT2D eigenvalue weighted by atomic mass is 10.2. The highest BCUT2D eigenvalue weighted by Crippen LogP contribution is 2.30. The van der Waals surface area contributed by atoms with Crippen LogP contribution in [0.4, 0.5) is 8.78 Å². The van der Waals surface area contributed by atoms with Gasteiger partial charge in [-0.25, -0.2) is 13.8 Å². The summed E-state index contributed by atoms with van der Waals surface area (Å²) in [6, 6.07) is 7.37. The maximum absolute atomic E-state index is 12.5. The third-order valence-electron chi connectivity index (χ3n) is 2.85. The lowest BCUT2D eigenvalue weighted by Crippen LogP contribution is -2.31. The van der Waals surface area contributed by atoms with E-state index in [2.05, 4.69) is 4.98 Å². The number of thiazole rings is 1. The summed E-state index contributed by atoms with van der Waals surface area (Å²) in [5.41, 5.74) is 1.53. The molecule has 21 heavy (non-hydrogen) atoms. The van der Waals surface area contributed by atoms with E-state index in [4.69, 9.17) is 16.7 Å². The van der Waals surface area contributed by atoms with E-state index in [-0.39, 0.29) is 26.2 Å². The topological polar surface area (TPSA) is 36.4 Å². The number of aliphatic hydroxyl groups excluding tert-OH is 1. The Morgan fingerprint density at radius 3 is 2.76 bits per heavy atom.